The van der Waals surface area contributed by atoms with Gasteiger partial charge in [-0.05, 0) is 52.1 Å². The topological polar surface area (TPSA) is 12.0 Å². The van der Waals surface area contributed by atoms with Crippen molar-refractivity contribution in [1.29, 1.82) is 0 Å². The van der Waals surface area contributed by atoms with Crippen LogP contribution in [0.5, 0.6) is 0 Å². The highest BCUT2D eigenvalue weighted by Gasteiger charge is 2.21. The van der Waals surface area contributed by atoms with Crippen molar-refractivity contribution >= 4 is 0 Å². The molecule has 0 atom stereocenters. The predicted molar refractivity (Wildman–Crippen MR) is 67.0 cm³/mol. The summed E-state index contributed by atoms with van der Waals surface area (Å²) in [4.78, 5) is 0. The lowest BCUT2D eigenvalue weighted by atomic mass is 10.1. The fourth-order valence-corrected chi connectivity index (χ4v) is 2.39. The summed E-state index contributed by atoms with van der Waals surface area (Å²) >= 11 is 0. The zero-order valence-electron chi connectivity index (χ0n) is 10.7. The number of likely N-dealkylation sites (tertiary alicyclic amines) is 1. The second-order valence-electron chi connectivity index (χ2n) is 5.25. The van der Waals surface area contributed by atoms with Crippen LogP contribution in [0.2, 0.25) is 0 Å². The van der Waals surface area contributed by atoms with Gasteiger partial charge in [-0.3, -0.25) is 0 Å². The Morgan fingerprint density at radius 1 is 0.867 bits per heavy atom. The number of rotatable bonds is 1. The molecule has 0 aliphatic carbocycles. The maximum Gasteiger partial charge on any atom is 0.0784 e. The molecule has 2 aliphatic heterocycles. The lowest BCUT2D eigenvalue weighted by Gasteiger charge is -2.36. The van der Waals surface area contributed by atoms with E-state index in [-0.39, 0.29) is 0 Å². The Morgan fingerprint density at radius 3 is 1.67 bits per heavy atom. The van der Waals surface area contributed by atoms with E-state index in [1.807, 2.05) is 0 Å². The van der Waals surface area contributed by atoms with E-state index in [0.717, 1.165) is 0 Å². The second-order valence-corrected chi connectivity index (χ2v) is 5.25. The third-order valence-electron chi connectivity index (χ3n) is 3.87. The van der Waals surface area contributed by atoms with Crippen LogP contribution in [0.3, 0.4) is 0 Å². The summed E-state index contributed by atoms with van der Waals surface area (Å²) in [5.41, 5.74) is 0. The molecule has 0 spiro atoms. The van der Waals surface area contributed by atoms with Crippen LogP contribution in [0, 0.1) is 0 Å². The minimum Gasteiger partial charge on any atom is -0.326 e. The maximum atomic E-state index is 3.28. The third-order valence-corrected chi connectivity index (χ3v) is 3.87. The van der Waals surface area contributed by atoms with Gasteiger partial charge in [0, 0.05) is 0 Å². The van der Waals surface area contributed by atoms with Crippen molar-refractivity contribution < 1.29 is 4.48 Å². The van der Waals surface area contributed by atoms with Gasteiger partial charge in [0.25, 0.3) is 0 Å². The molecule has 0 unspecified atom stereocenters. The summed E-state index contributed by atoms with van der Waals surface area (Å²) in [6.45, 7) is 8.94. The molecule has 2 heteroatoms. The zero-order valence-corrected chi connectivity index (χ0v) is 10.7. The first kappa shape index (κ1) is 13.0. The quantitative estimate of drug-likeness (QED) is 0.660. The minimum atomic E-state index is 1.25. The van der Waals surface area contributed by atoms with Crippen LogP contribution in [0.15, 0.2) is 0 Å². The van der Waals surface area contributed by atoms with E-state index in [9.17, 15) is 0 Å². The average Bonchev–Trinajstić information content (AvgIpc) is 2.33. The highest BCUT2D eigenvalue weighted by atomic mass is 15.3. The van der Waals surface area contributed by atoms with Crippen LogP contribution < -0.4 is 5.32 Å². The fourth-order valence-electron chi connectivity index (χ4n) is 2.39. The Hall–Kier alpha value is -0.0800. The van der Waals surface area contributed by atoms with Gasteiger partial charge in [0.2, 0.25) is 0 Å². The van der Waals surface area contributed by atoms with Crippen LogP contribution in [-0.2, 0) is 0 Å². The molecule has 2 heterocycles. The summed E-state index contributed by atoms with van der Waals surface area (Å²) in [5, 5.41) is 3.28. The van der Waals surface area contributed by atoms with Crippen molar-refractivity contribution in [2.75, 3.05) is 39.8 Å². The second kappa shape index (κ2) is 7.24. The van der Waals surface area contributed by atoms with Gasteiger partial charge in [0.05, 0.1) is 26.7 Å². The summed E-state index contributed by atoms with van der Waals surface area (Å²) < 4.78 is 1.32. The van der Waals surface area contributed by atoms with Gasteiger partial charge in [-0.15, -0.1) is 0 Å². The van der Waals surface area contributed by atoms with E-state index in [0.29, 0.717) is 0 Å². The molecule has 0 aromatic rings. The SMILES string of the molecule is C1CCNCC1.CC[N+]1(C)CCCCC1. The maximum absolute atomic E-state index is 3.28. The lowest BCUT2D eigenvalue weighted by Crippen LogP contribution is -2.47. The van der Waals surface area contributed by atoms with Gasteiger partial charge < -0.3 is 9.80 Å². The minimum absolute atomic E-state index is 1.25. The van der Waals surface area contributed by atoms with E-state index in [1.165, 1.54) is 75.7 Å². The largest absolute Gasteiger partial charge is 0.326 e. The molecule has 15 heavy (non-hydrogen) atoms. The normalized spacial score (nSPS) is 25.2. The lowest BCUT2D eigenvalue weighted by molar-refractivity contribution is -0.912. The zero-order chi connectivity index (χ0) is 11.0. The van der Waals surface area contributed by atoms with Gasteiger partial charge in [0.15, 0.2) is 0 Å². The van der Waals surface area contributed by atoms with Crippen LogP contribution in [0.4, 0.5) is 0 Å². The van der Waals surface area contributed by atoms with Crippen molar-refractivity contribution in [2.45, 2.75) is 45.4 Å². The Labute approximate surface area is 95.6 Å². The molecular formula is C13H29N2+. The standard InChI is InChI=1S/C8H18N.C5H11N/c1-3-9(2)7-5-4-6-8-9;1-2-4-6-5-3-1/h3-8H2,1-2H3;6H,1-5H2/q+1;. The summed E-state index contributed by atoms with van der Waals surface area (Å²) in [7, 11) is 2.37. The first-order valence-electron chi connectivity index (χ1n) is 6.81. The molecule has 2 aliphatic rings. The van der Waals surface area contributed by atoms with Gasteiger partial charge >= 0.3 is 0 Å². The molecule has 0 amide bonds. The van der Waals surface area contributed by atoms with E-state index < -0.39 is 0 Å². The number of hydrogen-bond donors (Lipinski definition) is 1. The van der Waals surface area contributed by atoms with Crippen LogP contribution >= 0.6 is 0 Å². The third kappa shape index (κ3) is 5.53. The highest BCUT2D eigenvalue weighted by molar-refractivity contribution is 4.55. The molecule has 90 valence electrons. The number of quaternary nitrogens is 1. The number of nitrogens with zero attached hydrogens (tertiary/aromatic N) is 1. The molecular weight excluding hydrogens is 184 g/mol. The summed E-state index contributed by atoms with van der Waals surface area (Å²) in [6, 6.07) is 0. The van der Waals surface area contributed by atoms with E-state index in [4.69, 9.17) is 0 Å². The smallest absolute Gasteiger partial charge is 0.0784 e. The molecule has 2 rings (SSSR count). The first-order valence-corrected chi connectivity index (χ1v) is 6.81. The number of nitrogens with one attached hydrogen (secondary N) is 1. The number of hydrogen-bond acceptors (Lipinski definition) is 1. The monoisotopic (exact) mass is 213 g/mol. The molecule has 1 N–H and O–H groups in total. The molecule has 2 fully saturated rings. The van der Waals surface area contributed by atoms with Crippen LogP contribution in [0.25, 0.3) is 0 Å². The molecule has 2 nitrogen and oxygen atoms in total. The van der Waals surface area contributed by atoms with Crippen molar-refractivity contribution in [3.05, 3.63) is 0 Å². The Kier molecular flexibility index (Phi) is 6.26. The van der Waals surface area contributed by atoms with Crippen molar-refractivity contribution in [1.82, 2.24) is 5.32 Å². The molecule has 0 radical (unpaired) electrons. The molecule has 0 bridgehead atoms. The van der Waals surface area contributed by atoms with Crippen LogP contribution in [-0.4, -0.2) is 44.3 Å². The van der Waals surface area contributed by atoms with E-state index >= 15 is 0 Å². The predicted octanol–water partition coefficient (Wildman–Crippen LogP) is 2.40. The van der Waals surface area contributed by atoms with Crippen molar-refractivity contribution in [3.8, 4) is 0 Å². The molecule has 0 saturated carbocycles. The van der Waals surface area contributed by atoms with Crippen molar-refractivity contribution in [2.24, 2.45) is 0 Å². The number of piperidine rings is 2. The molecule has 0 aromatic heterocycles. The van der Waals surface area contributed by atoms with Crippen molar-refractivity contribution in [3.63, 3.8) is 0 Å². The average molecular weight is 213 g/mol. The van der Waals surface area contributed by atoms with Gasteiger partial charge in [0.1, 0.15) is 0 Å². The highest BCUT2D eigenvalue weighted by Crippen LogP contribution is 2.14. The van der Waals surface area contributed by atoms with E-state index in [1.54, 1.807) is 0 Å². The Balaban J connectivity index is 0.000000162. The van der Waals surface area contributed by atoms with Gasteiger partial charge in [-0.25, -0.2) is 0 Å². The first-order chi connectivity index (χ1) is 7.27. The van der Waals surface area contributed by atoms with Gasteiger partial charge in [-0.1, -0.05) is 6.42 Å². The fraction of sp³-hybridized carbons (Fsp3) is 1.00. The van der Waals surface area contributed by atoms with Crippen LogP contribution in [0.1, 0.15) is 45.4 Å². The van der Waals surface area contributed by atoms with E-state index in [2.05, 4.69) is 19.3 Å². The summed E-state index contributed by atoms with van der Waals surface area (Å²) in [6.07, 6.45) is 8.58. The molecule has 0 aromatic carbocycles. The van der Waals surface area contributed by atoms with Gasteiger partial charge in [-0.2, -0.15) is 0 Å². The summed E-state index contributed by atoms with van der Waals surface area (Å²) in [5.74, 6) is 0. The Morgan fingerprint density at radius 2 is 1.40 bits per heavy atom. The molecule has 2 saturated heterocycles. The Bertz CT molecular complexity index is 135.